The Morgan fingerprint density at radius 1 is 1.12 bits per heavy atom. The van der Waals surface area contributed by atoms with Gasteiger partial charge in [-0.1, -0.05) is 36.8 Å². The fourth-order valence-electron chi connectivity index (χ4n) is 8.18. The summed E-state index contributed by atoms with van der Waals surface area (Å²) in [4.78, 5) is 24.0. The van der Waals surface area contributed by atoms with Crippen LogP contribution >= 0.6 is 0 Å². The van der Waals surface area contributed by atoms with Crippen molar-refractivity contribution in [2.75, 3.05) is 13.7 Å². The third kappa shape index (κ3) is 3.25. The van der Waals surface area contributed by atoms with E-state index in [1.807, 2.05) is 18.2 Å². The number of rotatable bonds is 4. The molecule has 4 nitrogen and oxygen atoms in total. The minimum absolute atomic E-state index is 0.0871. The number of ketones is 2. The highest BCUT2D eigenvalue weighted by Gasteiger charge is 2.64. The SMILES string of the molecule is COC[C@@]1(O)CC[C@@H]2[C@@H]3CCC4=CC(=O)CC[C@@H]4[C@H]3[C@@H](c3ccc(C(C)=O)cc3)C[C@@]21C. The second-order valence-corrected chi connectivity index (χ2v) is 11.1. The largest absolute Gasteiger partial charge is 0.387 e. The maximum atomic E-state index is 12.2. The van der Waals surface area contributed by atoms with E-state index in [1.165, 1.54) is 11.1 Å². The fraction of sp³-hybridized carbons (Fsp3) is 0.643. The number of hydrogen-bond acceptors (Lipinski definition) is 4. The van der Waals surface area contributed by atoms with Gasteiger partial charge in [-0.15, -0.1) is 0 Å². The highest BCUT2D eigenvalue weighted by atomic mass is 16.5. The highest BCUT2D eigenvalue weighted by molar-refractivity contribution is 5.94. The van der Waals surface area contributed by atoms with Crippen LogP contribution in [0.3, 0.4) is 0 Å². The zero-order chi connectivity index (χ0) is 22.7. The Kier molecular flexibility index (Phi) is 5.45. The zero-order valence-corrected chi connectivity index (χ0v) is 19.6. The van der Waals surface area contributed by atoms with E-state index >= 15 is 0 Å². The summed E-state index contributed by atoms with van der Waals surface area (Å²) in [6.07, 6.45) is 8.46. The molecule has 0 saturated heterocycles. The second-order valence-electron chi connectivity index (χ2n) is 11.1. The molecule has 1 aromatic carbocycles. The van der Waals surface area contributed by atoms with E-state index in [1.54, 1.807) is 14.0 Å². The van der Waals surface area contributed by atoms with Crippen molar-refractivity contribution >= 4 is 11.6 Å². The van der Waals surface area contributed by atoms with E-state index in [9.17, 15) is 14.7 Å². The summed E-state index contributed by atoms with van der Waals surface area (Å²) in [6, 6.07) is 8.19. The molecule has 32 heavy (non-hydrogen) atoms. The minimum atomic E-state index is -0.798. The Hall–Kier alpha value is -1.78. The summed E-state index contributed by atoms with van der Waals surface area (Å²) in [6.45, 7) is 4.29. The molecule has 4 heteroatoms. The molecule has 172 valence electrons. The van der Waals surface area contributed by atoms with E-state index in [0.29, 0.717) is 42.6 Å². The van der Waals surface area contributed by atoms with Crippen LogP contribution in [0.15, 0.2) is 35.9 Å². The minimum Gasteiger partial charge on any atom is -0.387 e. The van der Waals surface area contributed by atoms with Gasteiger partial charge in [0.1, 0.15) is 0 Å². The van der Waals surface area contributed by atoms with Crippen molar-refractivity contribution in [1.29, 1.82) is 0 Å². The van der Waals surface area contributed by atoms with Crippen LogP contribution in [0.2, 0.25) is 0 Å². The van der Waals surface area contributed by atoms with Crippen LogP contribution in [0.4, 0.5) is 0 Å². The van der Waals surface area contributed by atoms with Crippen molar-refractivity contribution in [3.63, 3.8) is 0 Å². The number of benzene rings is 1. The molecule has 0 spiro atoms. The van der Waals surface area contributed by atoms with Gasteiger partial charge in [-0.25, -0.2) is 0 Å². The van der Waals surface area contributed by atoms with E-state index in [-0.39, 0.29) is 17.0 Å². The number of carbonyl (C=O) groups excluding carboxylic acids is 2. The average molecular weight is 437 g/mol. The van der Waals surface area contributed by atoms with Crippen LogP contribution in [-0.4, -0.2) is 36.0 Å². The van der Waals surface area contributed by atoms with Gasteiger partial charge in [-0.3, -0.25) is 9.59 Å². The molecule has 3 fully saturated rings. The molecule has 4 aliphatic carbocycles. The summed E-state index contributed by atoms with van der Waals surface area (Å²) in [5.41, 5.74) is 2.39. The predicted molar refractivity (Wildman–Crippen MR) is 123 cm³/mol. The first-order valence-corrected chi connectivity index (χ1v) is 12.3. The van der Waals surface area contributed by atoms with E-state index < -0.39 is 5.60 Å². The molecule has 0 amide bonds. The van der Waals surface area contributed by atoms with Crippen LogP contribution in [-0.2, 0) is 9.53 Å². The first-order valence-electron chi connectivity index (χ1n) is 12.3. The van der Waals surface area contributed by atoms with Crippen molar-refractivity contribution < 1.29 is 19.4 Å². The van der Waals surface area contributed by atoms with Gasteiger partial charge in [-0.2, -0.15) is 0 Å². The third-order valence-electron chi connectivity index (χ3n) is 9.75. The monoisotopic (exact) mass is 436 g/mol. The van der Waals surface area contributed by atoms with Gasteiger partial charge in [0.25, 0.3) is 0 Å². The van der Waals surface area contributed by atoms with Gasteiger partial charge in [0, 0.05) is 24.5 Å². The molecule has 3 saturated carbocycles. The van der Waals surface area contributed by atoms with Crippen molar-refractivity contribution in [3.8, 4) is 0 Å². The molecule has 0 heterocycles. The molecule has 0 bridgehead atoms. The zero-order valence-electron chi connectivity index (χ0n) is 19.6. The third-order valence-corrected chi connectivity index (χ3v) is 9.75. The summed E-state index contributed by atoms with van der Waals surface area (Å²) in [7, 11) is 1.69. The van der Waals surface area contributed by atoms with E-state index in [0.717, 1.165) is 44.1 Å². The van der Waals surface area contributed by atoms with Gasteiger partial charge in [-0.05, 0) is 86.7 Å². The normalized spacial score (nSPS) is 40.8. The standard InChI is InChI=1S/C28H36O4/c1-17(29)18-4-6-19(7-5-18)24-15-27(2)25(12-13-28(27,31)16-32-3)23-10-8-20-14-21(30)9-11-22(20)26(23)24/h4-7,14,22-26,31H,8-13,15-16H2,1-3H3/t22-,23-,24+,25+,26+,27-,28-/m0/s1. The average Bonchev–Trinajstić information content (AvgIpc) is 3.03. The number of allylic oxidation sites excluding steroid dienone is 1. The maximum absolute atomic E-state index is 12.2. The molecule has 0 radical (unpaired) electrons. The topological polar surface area (TPSA) is 63.6 Å². The van der Waals surface area contributed by atoms with Crippen molar-refractivity contribution in [1.82, 2.24) is 0 Å². The number of ether oxygens (including phenoxy) is 1. The van der Waals surface area contributed by atoms with Gasteiger partial charge in [0.15, 0.2) is 11.6 Å². The summed E-state index contributed by atoms with van der Waals surface area (Å²) >= 11 is 0. The molecule has 0 aromatic heterocycles. The van der Waals surface area contributed by atoms with Crippen LogP contribution in [0.1, 0.15) is 80.6 Å². The lowest BCUT2D eigenvalue weighted by Crippen LogP contribution is -2.56. The van der Waals surface area contributed by atoms with Crippen molar-refractivity contribution in [2.24, 2.45) is 29.1 Å². The molecule has 0 aliphatic heterocycles. The quantitative estimate of drug-likeness (QED) is 0.667. The Morgan fingerprint density at radius 3 is 2.56 bits per heavy atom. The van der Waals surface area contributed by atoms with Crippen molar-refractivity contribution in [3.05, 3.63) is 47.0 Å². The van der Waals surface area contributed by atoms with E-state index in [2.05, 4.69) is 19.1 Å². The Labute approximate surface area is 191 Å². The summed E-state index contributed by atoms with van der Waals surface area (Å²) < 4.78 is 5.53. The van der Waals surface area contributed by atoms with Gasteiger partial charge >= 0.3 is 0 Å². The second kappa shape index (κ2) is 7.92. The number of methoxy groups -OCH3 is 1. The number of fused-ring (bicyclic) bond motifs is 5. The molecule has 5 rings (SSSR count). The van der Waals surface area contributed by atoms with Crippen LogP contribution in [0.5, 0.6) is 0 Å². The maximum Gasteiger partial charge on any atom is 0.159 e. The lowest BCUT2D eigenvalue weighted by molar-refractivity contribution is -0.150. The highest BCUT2D eigenvalue weighted by Crippen LogP contribution is 2.68. The lowest BCUT2D eigenvalue weighted by atomic mass is 9.46. The smallest absolute Gasteiger partial charge is 0.159 e. The van der Waals surface area contributed by atoms with Crippen LogP contribution in [0, 0.1) is 29.1 Å². The molecule has 0 unspecified atom stereocenters. The van der Waals surface area contributed by atoms with Crippen LogP contribution in [0.25, 0.3) is 0 Å². The van der Waals surface area contributed by atoms with Gasteiger partial charge in [0.2, 0.25) is 0 Å². The Balaban J connectivity index is 1.59. The van der Waals surface area contributed by atoms with E-state index in [4.69, 9.17) is 4.74 Å². The summed E-state index contributed by atoms with van der Waals surface area (Å²) in [5.74, 6) is 2.67. The Bertz CT molecular complexity index is 947. The molecule has 7 atom stereocenters. The molecular weight excluding hydrogens is 400 g/mol. The molecule has 1 aromatic rings. The number of hydrogen-bond donors (Lipinski definition) is 1. The lowest BCUT2D eigenvalue weighted by Gasteiger charge is -2.58. The number of carbonyl (C=O) groups is 2. The first-order chi connectivity index (χ1) is 15.3. The summed E-state index contributed by atoms with van der Waals surface area (Å²) in [5, 5.41) is 11.8. The van der Waals surface area contributed by atoms with Gasteiger partial charge in [0.05, 0.1) is 12.2 Å². The van der Waals surface area contributed by atoms with Crippen LogP contribution < -0.4 is 0 Å². The van der Waals surface area contributed by atoms with Crippen molar-refractivity contribution in [2.45, 2.75) is 70.3 Å². The molecule has 4 aliphatic rings. The number of aliphatic hydroxyl groups is 1. The van der Waals surface area contributed by atoms with Gasteiger partial charge < -0.3 is 9.84 Å². The predicted octanol–water partition coefficient (Wildman–Crippen LogP) is 5.10. The first kappa shape index (κ1) is 22.0. The molecule has 1 N–H and O–H groups in total. The molecular formula is C28H36O4. The Morgan fingerprint density at radius 2 is 1.88 bits per heavy atom. The fourth-order valence-corrected chi connectivity index (χ4v) is 8.18. The number of Topliss-reactive ketones (excluding diaryl/α,β-unsaturated/α-hetero) is 1.